The summed E-state index contributed by atoms with van der Waals surface area (Å²) in [6.45, 7) is 1.06. The lowest BCUT2D eigenvalue weighted by molar-refractivity contribution is 0.752. The molecule has 1 aliphatic heterocycles. The van der Waals surface area contributed by atoms with E-state index in [1.165, 1.54) is 16.8 Å². The van der Waals surface area contributed by atoms with Crippen molar-refractivity contribution in [2.45, 2.75) is 12.3 Å². The van der Waals surface area contributed by atoms with E-state index in [-0.39, 0.29) is 0 Å². The number of hydrogen-bond donors (Lipinski definition) is 1. The van der Waals surface area contributed by atoms with E-state index < -0.39 is 0 Å². The van der Waals surface area contributed by atoms with Crippen molar-refractivity contribution < 1.29 is 0 Å². The smallest absolute Gasteiger partial charge is 0.0376 e. The summed E-state index contributed by atoms with van der Waals surface area (Å²) in [6, 6.07) is 19.4. The van der Waals surface area contributed by atoms with Crippen molar-refractivity contribution in [3.05, 3.63) is 65.7 Å². The summed E-state index contributed by atoms with van der Waals surface area (Å²) in [5.41, 5.74) is 4.20. The lowest BCUT2D eigenvalue weighted by Gasteiger charge is -2.09. The summed E-state index contributed by atoms with van der Waals surface area (Å²) in [6.07, 6.45) is 1.13. The molecule has 2 aromatic carbocycles. The number of anilines is 1. The van der Waals surface area contributed by atoms with Crippen molar-refractivity contribution in [1.29, 1.82) is 0 Å². The van der Waals surface area contributed by atoms with Gasteiger partial charge in [0.25, 0.3) is 0 Å². The average molecular weight is 209 g/mol. The van der Waals surface area contributed by atoms with Crippen molar-refractivity contribution in [3.8, 4) is 0 Å². The van der Waals surface area contributed by atoms with Gasteiger partial charge in [0.2, 0.25) is 0 Å². The van der Waals surface area contributed by atoms with Crippen LogP contribution in [0.1, 0.15) is 17.0 Å². The third-order valence-corrected chi connectivity index (χ3v) is 3.26. The first-order chi connectivity index (χ1) is 7.93. The molecule has 0 saturated heterocycles. The second kappa shape index (κ2) is 4.01. The topological polar surface area (TPSA) is 12.0 Å². The number of fused-ring (bicyclic) bond motifs is 1. The summed E-state index contributed by atoms with van der Waals surface area (Å²) in [4.78, 5) is 0. The van der Waals surface area contributed by atoms with Gasteiger partial charge in [0.1, 0.15) is 0 Å². The highest BCUT2D eigenvalue weighted by molar-refractivity contribution is 5.57. The van der Waals surface area contributed by atoms with E-state index in [1.807, 2.05) is 0 Å². The molecule has 1 nitrogen and oxygen atoms in total. The molecule has 0 fully saturated rings. The summed E-state index contributed by atoms with van der Waals surface area (Å²) in [5.74, 6) is 0.624. The quantitative estimate of drug-likeness (QED) is 0.799. The minimum absolute atomic E-state index is 0.624. The normalized spacial score (nSPS) is 17.9. The van der Waals surface area contributed by atoms with Crippen LogP contribution in [0.3, 0.4) is 0 Å². The molecule has 0 spiro atoms. The molecule has 0 aromatic heterocycles. The first kappa shape index (κ1) is 9.46. The second-order valence-corrected chi connectivity index (χ2v) is 4.35. The van der Waals surface area contributed by atoms with Crippen LogP contribution in [0, 0.1) is 0 Å². The van der Waals surface area contributed by atoms with Gasteiger partial charge in [0.15, 0.2) is 0 Å². The molecule has 1 unspecified atom stereocenters. The fraction of sp³-hybridized carbons (Fsp3) is 0.200. The van der Waals surface area contributed by atoms with E-state index in [9.17, 15) is 0 Å². The van der Waals surface area contributed by atoms with E-state index >= 15 is 0 Å². The van der Waals surface area contributed by atoms with Crippen LogP contribution in [0.15, 0.2) is 54.6 Å². The largest absolute Gasteiger partial charge is 0.384 e. The van der Waals surface area contributed by atoms with Crippen molar-refractivity contribution >= 4 is 5.69 Å². The molecule has 0 radical (unpaired) electrons. The Morgan fingerprint density at radius 2 is 1.69 bits per heavy atom. The Hall–Kier alpha value is -1.76. The van der Waals surface area contributed by atoms with Gasteiger partial charge in [-0.15, -0.1) is 0 Å². The standard InChI is InChI=1S/C15H15N/c1-2-6-12(7-3-1)10-13-11-16-15-9-5-4-8-14(13)15/h1-9,13,16H,10-11H2. The highest BCUT2D eigenvalue weighted by atomic mass is 14.9. The molecule has 0 saturated carbocycles. The van der Waals surface area contributed by atoms with Crippen molar-refractivity contribution in [2.24, 2.45) is 0 Å². The zero-order chi connectivity index (χ0) is 10.8. The molecule has 1 atom stereocenters. The van der Waals surface area contributed by atoms with Crippen molar-refractivity contribution in [2.75, 3.05) is 11.9 Å². The number of nitrogens with one attached hydrogen (secondary N) is 1. The summed E-state index contributed by atoms with van der Waals surface area (Å²) >= 11 is 0. The Balaban J connectivity index is 1.84. The molecule has 80 valence electrons. The zero-order valence-corrected chi connectivity index (χ0v) is 9.19. The van der Waals surface area contributed by atoms with Crippen LogP contribution in [0.5, 0.6) is 0 Å². The molecule has 16 heavy (non-hydrogen) atoms. The van der Waals surface area contributed by atoms with Crippen LogP contribution in [-0.2, 0) is 6.42 Å². The summed E-state index contributed by atoms with van der Waals surface area (Å²) in [7, 11) is 0. The van der Waals surface area contributed by atoms with Gasteiger partial charge in [-0.3, -0.25) is 0 Å². The Kier molecular flexibility index (Phi) is 2.37. The van der Waals surface area contributed by atoms with Gasteiger partial charge in [0.05, 0.1) is 0 Å². The van der Waals surface area contributed by atoms with Crippen molar-refractivity contribution in [1.82, 2.24) is 0 Å². The summed E-state index contributed by atoms with van der Waals surface area (Å²) < 4.78 is 0. The molecular formula is C15H15N. The minimum Gasteiger partial charge on any atom is -0.384 e. The molecule has 0 amide bonds. The first-order valence-corrected chi connectivity index (χ1v) is 5.80. The Morgan fingerprint density at radius 1 is 0.938 bits per heavy atom. The maximum absolute atomic E-state index is 3.47. The molecule has 0 aliphatic carbocycles. The fourth-order valence-electron chi connectivity index (χ4n) is 2.44. The van der Waals surface area contributed by atoms with Gasteiger partial charge in [0, 0.05) is 18.2 Å². The lowest BCUT2D eigenvalue weighted by Crippen LogP contribution is -2.05. The lowest BCUT2D eigenvalue weighted by atomic mass is 9.94. The SMILES string of the molecule is c1ccc(CC2CNc3ccccc32)cc1. The van der Waals surface area contributed by atoms with E-state index in [2.05, 4.69) is 59.9 Å². The molecule has 1 heterocycles. The monoisotopic (exact) mass is 209 g/mol. The third-order valence-electron chi connectivity index (χ3n) is 3.26. The predicted octanol–water partition coefficient (Wildman–Crippen LogP) is 3.44. The second-order valence-electron chi connectivity index (χ2n) is 4.35. The van der Waals surface area contributed by atoms with Gasteiger partial charge < -0.3 is 5.32 Å². The number of para-hydroxylation sites is 1. The number of benzene rings is 2. The molecule has 1 aliphatic rings. The Bertz CT molecular complexity index is 476. The van der Waals surface area contributed by atoms with Crippen LogP contribution in [0.4, 0.5) is 5.69 Å². The van der Waals surface area contributed by atoms with Gasteiger partial charge in [-0.2, -0.15) is 0 Å². The highest BCUT2D eigenvalue weighted by Crippen LogP contribution is 2.33. The maximum atomic E-state index is 3.47. The van der Waals surface area contributed by atoms with Crippen LogP contribution >= 0.6 is 0 Å². The molecule has 1 heteroatoms. The van der Waals surface area contributed by atoms with E-state index in [4.69, 9.17) is 0 Å². The van der Waals surface area contributed by atoms with Crippen LogP contribution in [0.25, 0.3) is 0 Å². The maximum Gasteiger partial charge on any atom is 0.0376 e. The molecule has 2 aromatic rings. The number of rotatable bonds is 2. The van der Waals surface area contributed by atoms with E-state index in [0.29, 0.717) is 5.92 Å². The first-order valence-electron chi connectivity index (χ1n) is 5.80. The fourth-order valence-corrected chi connectivity index (χ4v) is 2.44. The van der Waals surface area contributed by atoms with Gasteiger partial charge in [-0.05, 0) is 23.6 Å². The molecular weight excluding hydrogens is 194 g/mol. The Labute approximate surface area is 96.1 Å². The number of hydrogen-bond acceptors (Lipinski definition) is 1. The summed E-state index contributed by atoms with van der Waals surface area (Å²) in [5, 5.41) is 3.47. The Morgan fingerprint density at radius 3 is 2.56 bits per heavy atom. The minimum atomic E-state index is 0.624. The average Bonchev–Trinajstić information content (AvgIpc) is 2.74. The van der Waals surface area contributed by atoms with Gasteiger partial charge in [-0.1, -0.05) is 48.5 Å². The predicted molar refractivity (Wildman–Crippen MR) is 67.8 cm³/mol. The van der Waals surface area contributed by atoms with Crippen LogP contribution in [-0.4, -0.2) is 6.54 Å². The van der Waals surface area contributed by atoms with Gasteiger partial charge >= 0.3 is 0 Å². The van der Waals surface area contributed by atoms with Crippen LogP contribution in [0.2, 0.25) is 0 Å². The highest BCUT2D eigenvalue weighted by Gasteiger charge is 2.21. The zero-order valence-electron chi connectivity index (χ0n) is 9.19. The van der Waals surface area contributed by atoms with E-state index in [1.54, 1.807) is 0 Å². The van der Waals surface area contributed by atoms with E-state index in [0.717, 1.165) is 13.0 Å². The molecule has 0 bridgehead atoms. The van der Waals surface area contributed by atoms with Gasteiger partial charge in [-0.25, -0.2) is 0 Å². The molecule has 1 N–H and O–H groups in total. The van der Waals surface area contributed by atoms with Crippen LogP contribution < -0.4 is 5.32 Å². The molecule has 3 rings (SSSR count). The van der Waals surface area contributed by atoms with Crippen molar-refractivity contribution in [3.63, 3.8) is 0 Å². The third kappa shape index (κ3) is 1.69.